The molecule has 1 aromatic carbocycles. The number of carbonyl (C=O) groups excluding carboxylic acids is 2. The molecule has 2 heterocycles. The van der Waals surface area contributed by atoms with E-state index >= 15 is 0 Å². The van der Waals surface area contributed by atoms with Crippen LogP contribution in [0.5, 0.6) is 0 Å². The molecule has 1 unspecified atom stereocenters. The van der Waals surface area contributed by atoms with Gasteiger partial charge in [-0.2, -0.15) is 0 Å². The van der Waals surface area contributed by atoms with Crippen molar-refractivity contribution < 1.29 is 14.0 Å². The SMILES string of the molecule is Cc1cc(C2CC(=O)Nc3cc(NC(=O)C4CCCC4)ccc32)oc1C. The Morgan fingerprint density at radius 1 is 1.19 bits per heavy atom. The number of anilines is 2. The van der Waals surface area contributed by atoms with Gasteiger partial charge in [-0.25, -0.2) is 0 Å². The topological polar surface area (TPSA) is 71.3 Å². The zero-order chi connectivity index (χ0) is 18.3. The summed E-state index contributed by atoms with van der Waals surface area (Å²) in [6.45, 7) is 3.94. The zero-order valence-corrected chi connectivity index (χ0v) is 15.2. The minimum absolute atomic E-state index is 0.0338. The highest BCUT2D eigenvalue weighted by Gasteiger charge is 2.30. The van der Waals surface area contributed by atoms with Gasteiger partial charge in [0.2, 0.25) is 11.8 Å². The van der Waals surface area contributed by atoms with Crippen LogP contribution in [0.25, 0.3) is 0 Å². The average Bonchev–Trinajstić information content (AvgIpc) is 3.24. The smallest absolute Gasteiger partial charge is 0.227 e. The van der Waals surface area contributed by atoms with Crippen LogP contribution in [0.4, 0.5) is 11.4 Å². The van der Waals surface area contributed by atoms with Crippen molar-refractivity contribution in [2.24, 2.45) is 5.92 Å². The maximum atomic E-state index is 12.4. The van der Waals surface area contributed by atoms with E-state index in [1.165, 1.54) is 0 Å². The molecule has 2 aliphatic rings. The van der Waals surface area contributed by atoms with Gasteiger partial charge in [0.25, 0.3) is 0 Å². The van der Waals surface area contributed by atoms with Crippen molar-refractivity contribution in [3.05, 3.63) is 46.9 Å². The normalized spacial score (nSPS) is 19.9. The predicted molar refractivity (Wildman–Crippen MR) is 100 cm³/mol. The van der Waals surface area contributed by atoms with E-state index < -0.39 is 0 Å². The van der Waals surface area contributed by atoms with Gasteiger partial charge >= 0.3 is 0 Å². The Labute approximate surface area is 153 Å². The largest absolute Gasteiger partial charge is 0.465 e. The van der Waals surface area contributed by atoms with Gasteiger partial charge in [-0.05, 0) is 56.0 Å². The molecule has 1 aliphatic heterocycles. The van der Waals surface area contributed by atoms with E-state index in [-0.39, 0.29) is 23.7 Å². The molecule has 4 rings (SSSR count). The summed E-state index contributed by atoms with van der Waals surface area (Å²) in [4.78, 5) is 24.6. The van der Waals surface area contributed by atoms with Crippen molar-refractivity contribution in [2.75, 3.05) is 10.6 Å². The highest BCUT2D eigenvalue weighted by molar-refractivity contribution is 5.98. The highest BCUT2D eigenvalue weighted by atomic mass is 16.3. The molecule has 1 fully saturated rings. The van der Waals surface area contributed by atoms with E-state index in [4.69, 9.17) is 4.42 Å². The molecule has 136 valence electrons. The molecule has 2 aromatic rings. The Kier molecular flexibility index (Phi) is 4.31. The molecule has 1 aromatic heterocycles. The van der Waals surface area contributed by atoms with Crippen LogP contribution in [0.2, 0.25) is 0 Å². The van der Waals surface area contributed by atoms with Crippen LogP contribution in [-0.4, -0.2) is 11.8 Å². The van der Waals surface area contributed by atoms with Crippen LogP contribution in [0, 0.1) is 19.8 Å². The molecule has 1 aliphatic carbocycles. The molecule has 0 bridgehead atoms. The average molecular weight is 352 g/mol. The van der Waals surface area contributed by atoms with Crippen LogP contribution in [0.15, 0.2) is 28.7 Å². The second-order valence-corrected chi connectivity index (χ2v) is 7.47. The first-order valence-corrected chi connectivity index (χ1v) is 9.33. The van der Waals surface area contributed by atoms with Gasteiger partial charge in [0, 0.05) is 23.7 Å². The van der Waals surface area contributed by atoms with E-state index in [2.05, 4.69) is 10.6 Å². The Morgan fingerprint density at radius 2 is 1.96 bits per heavy atom. The number of rotatable bonds is 3. The number of nitrogens with one attached hydrogen (secondary N) is 2. The lowest BCUT2D eigenvalue weighted by molar-refractivity contribution is -0.119. The van der Waals surface area contributed by atoms with E-state index in [1.54, 1.807) is 0 Å². The molecule has 2 amide bonds. The second-order valence-electron chi connectivity index (χ2n) is 7.47. The zero-order valence-electron chi connectivity index (χ0n) is 15.2. The summed E-state index contributed by atoms with van der Waals surface area (Å²) in [6.07, 6.45) is 4.55. The van der Waals surface area contributed by atoms with Crippen molar-refractivity contribution in [1.82, 2.24) is 0 Å². The van der Waals surface area contributed by atoms with Crippen LogP contribution >= 0.6 is 0 Å². The van der Waals surface area contributed by atoms with Crippen molar-refractivity contribution in [3.63, 3.8) is 0 Å². The maximum Gasteiger partial charge on any atom is 0.227 e. The monoisotopic (exact) mass is 352 g/mol. The summed E-state index contributed by atoms with van der Waals surface area (Å²) in [5.74, 6) is 1.77. The lowest BCUT2D eigenvalue weighted by Crippen LogP contribution is -2.24. The van der Waals surface area contributed by atoms with Gasteiger partial charge in [-0.3, -0.25) is 9.59 Å². The molecule has 5 heteroatoms. The lowest BCUT2D eigenvalue weighted by Gasteiger charge is -2.25. The second kappa shape index (κ2) is 6.63. The van der Waals surface area contributed by atoms with Crippen molar-refractivity contribution in [2.45, 2.75) is 51.9 Å². The van der Waals surface area contributed by atoms with E-state index in [0.29, 0.717) is 6.42 Å². The molecule has 1 atom stereocenters. The Balaban J connectivity index is 1.60. The number of hydrogen-bond donors (Lipinski definition) is 2. The quantitative estimate of drug-likeness (QED) is 0.854. The molecule has 26 heavy (non-hydrogen) atoms. The Bertz CT molecular complexity index is 843. The highest BCUT2D eigenvalue weighted by Crippen LogP contribution is 2.39. The van der Waals surface area contributed by atoms with Gasteiger partial charge in [0.15, 0.2) is 0 Å². The third kappa shape index (κ3) is 3.14. The molecular weight excluding hydrogens is 328 g/mol. The fraction of sp³-hybridized carbons (Fsp3) is 0.429. The van der Waals surface area contributed by atoms with Crippen molar-refractivity contribution >= 4 is 23.2 Å². The first kappa shape index (κ1) is 16.9. The third-order valence-corrected chi connectivity index (χ3v) is 5.61. The number of benzene rings is 1. The summed E-state index contributed by atoms with van der Waals surface area (Å²) in [6, 6.07) is 7.77. The fourth-order valence-corrected chi connectivity index (χ4v) is 4.00. The molecule has 0 saturated heterocycles. The number of amides is 2. The van der Waals surface area contributed by atoms with Gasteiger partial charge in [-0.1, -0.05) is 18.9 Å². The summed E-state index contributed by atoms with van der Waals surface area (Å²) in [7, 11) is 0. The number of carbonyl (C=O) groups is 2. The van der Waals surface area contributed by atoms with Gasteiger partial charge in [0.1, 0.15) is 11.5 Å². The number of furan rings is 1. The van der Waals surface area contributed by atoms with Crippen LogP contribution in [0.1, 0.15) is 60.7 Å². The molecule has 1 saturated carbocycles. The van der Waals surface area contributed by atoms with Gasteiger partial charge < -0.3 is 15.1 Å². The molecule has 2 N–H and O–H groups in total. The molecule has 0 radical (unpaired) electrons. The van der Waals surface area contributed by atoms with Gasteiger partial charge in [0.05, 0.1) is 5.92 Å². The minimum atomic E-state index is -0.0919. The van der Waals surface area contributed by atoms with Crippen LogP contribution in [-0.2, 0) is 9.59 Å². The molecular formula is C21H24N2O3. The van der Waals surface area contributed by atoms with Gasteiger partial charge in [-0.15, -0.1) is 0 Å². The number of fused-ring (bicyclic) bond motifs is 1. The molecule has 0 spiro atoms. The van der Waals surface area contributed by atoms with E-state index in [1.807, 2.05) is 38.1 Å². The van der Waals surface area contributed by atoms with Crippen LogP contribution in [0.3, 0.4) is 0 Å². The minimum Gasteiger partial charge on any atom is -0.465 e. The summed E-state index contributed by atoms with van der Waals surface area (Å²) in [5, 5.41) is 5.94. The van der Waals surface area contributed by atoms with E-state index in [0.717, 1.165) is 59.7 Å². The molecule has 5 nitrogen and oxygen atoms in total. The first-order valence-electron chi connectivity index (χ1n) is 9.33. The Hall–Kier alpha value is -2.56. The standard InChI is InChI=1S/C21H24N2O3/c1-12-9-19(26-13(12)2)17-11-20(24)23-18-10-15(7-8-16(17)18)22-21(25)14-5-3-4-6-14/h7-10,14,17H,3-6,11H2,1-2H3,(H,22,25)(H,23,24). The Morgan fingerprint density at radius 3 is 2.65 bits per heavy atom. The first-order chi connectivity index (χ1) is 12.5. The summed E-state index contributed by atoms with van der Waals surface area (Å²) < 4.78 is 5.87. The predicted octanol–water partition coefficient (Wildman–Crippen LogP) is 4.50. The maximum absolute atomic E-state index is 12.4. The van der Waals surface area contributed by atoms with Crippen molar-refractivity contribution in [3.8, 4) is 0 Å². The van der Waals surface area contributed by atoms with Crippen molar-refractivity contribution in [1.29, 1.82) is 0 Å². The summed E-state index contributed by atoms with van der Waals surface area (Å²) >= 11 is 0. The van der Waals surface area contributed by atoms with Crippen LogP contribution < -0.4 is 10.6 Å². The fourth-order valence-electron chi connectivity index (χ4n) is 4.00. The number of aryl methyl sites for hydroxylation is 2. The summed E-state index contributed by atoms with van der Waals surface area (Å²) in [5.41, 5.74) is 3.60. The number of hydrogen-bond acceptors (Lipinski definition) is 3. The van der Waals surface area contributed by atoms with E-state index in [9.17, 15) is 9.59 Å². The lowest BCUT2D eigenvalue weighted by atomic mass is 9.88. The third-order valence-electron chi connectivity index (χ3n) is 5.61.